The van der Waals surface area contributed by atoms with Crippen molar-refractivity contribution in [2.45, 2.75) is 25.2 Å². The van der Waals surface area contributed by atoms with Gasteiger partial charge in [0.15, 0.2) is 0 Å². The molecule has 21 heavy (non-hydrogen) atoms. The molecule has 0 radical (unpaired) electrons. The molecule has 2 rings (SSSR count). The van der Waals surface area contributed by atoms with Crippen LogP contribution < -0.4 is 4.72 Å². The van der Waals surface area contributed by atoms with Gasteiger partial charge in [-0.15, -0.1) is 0 Å². The number of hydrogen-bond donors (Lipinski definition) is 2. The molecule has 0 saturated heterocycles. The predicted molar refractivity (Wildman–Crippen MR) is 84.6 cm³/mol. The number of nitrogens with one attached hydrogen (secondary N) is 1. The molecule has 5 heteroatoms. The molecule has 4 nitrogen and oxygen atoms in total. The second kappa shape index (κ2) is 6.13. The van der Waals surface area contributed by atoms with Gasteiger partial charge in [0, 0.05) is 18.5 Å². The third-order valence-corrected chi connectivity index (χ3v) is 5.03. The lowest BCUT2D eigenvalue weighted by Crippen LogP contribution is -2.34. The Morgan fingerprint density at radius 3 is 2.48 bits per heavy atom. The van der Waals surface area contributed by atoms with Gasteiger partial charge in [-0.1, -0.05) is 50.2 Å². The number of fused-ring (bicyclic) bond motifs is 1. The van der Waals surface area contributed by atoms with Crippen LogP contribution in [0.5, 0.6) is 0 Å². The zero-order valence-electron chi connectivity index (χ0n) is 12.3. The van der Waals surface area contributed by atoms with Crippen LogP contribution in [0.2, 0.25) is 0 Å². The average Bonchev–Trinajstić information content (AvgIpc) is 2.45. The molecule has 0 atom stereocenters. The highest BCUT2D eigenvalue weighted by Gasteiger charge is 2.23. The highest BCUT2D eigenvalue weighted by molar-refractivity contribution is 7.89. The van der Waals surface area contributed by atoms with Crippen molar-refractivity contribution in [1.82, 2.24) is 4.72 Å². The van der Waals surface area contributed by atoms with Gasteiger partial charge in [0.05, 0.1) is 4.90 Å². The average molecular weight is 307 g/mol. The van der Waals surface area contributed by atoms with E-state index in [0.29, 0.717) is 23.2 Å². The SMILES string of the molecule is CC(C)(CCO)CNS(=O)(=O)c1cccc2ccccc12. The summed E-state index contributed by atoms with van der Waals surface area (Å²) in [5.41, 5.74) is -0.285. The molecule has 0 heterocycles. The molecular weight excluding hydrogens is 286 g/mol. The normalized spacial score (nSPS) is 12.7. The first-order chi connectivity index (χ1) is 9.86. The van der Waals surface area contributed by atoms with Crippen LogP contribution in [0.4, 0.5) is 0 Å². The fraction of sp³-hybridized carbons (Fsp3) is 0.375. The Balaban J connectivity index is 2.30. The number of aliphatic hydroxyl groups excluding tert-OH is 1. The summed E-state index contributed by atoms with van der Waals surface area (Å²) < 4.78 is 27.7. The fourth-order valence-corrected chi connectivity index (χ4v) is 3.66. The van der Waals surface area contributed by atoms with Crippen LogP contribution >= 0.6 is 0 Å². The van der Waals surface area contributed by atoms with E-state index in [4.69, 9.17) is 5.11 Å². The largest absolute Gasteiger partial charge is 0.396 e. The minimum Gasteiger partial charge on any atom is -0.396 e. The van der Waals surface area contributed by atoms with Gasteiger partial charge in [-0.3, -0.25) is 0 Å². The van der Waals surface area contributed by atoms with Crippen molar-refractivity contribution in [1.29, 1.82) is 0 Å². The molecule has 0 bridgehead atoms. The summed E-state index contributed by atoms with van der Waals surface area (Å²) >= 11 is 0. The summed E-state index contributed by atoms with van der Waals surface area (Å²) in [5, 5.41) is 10.6. The number of rotatable bonds is 6. The molecule has 0 unspecified atom stereocenters. The van der Waals surface area contributed by atoms with Crippen LogP contribution in [-0.4, -0.2) is 26.7 Å². The van der Waals surface area contributed by atoms with Crippen LogP contribution in [0.15, 0.2) is 47.4 Å². The van der Waals surface area contributed by atoms with Crippen LogP contribution in [-0.2, 0) is 10.0 Å². The Morgan fingerprint density at radius 2 is 1.76 bits per heavy atom. The van der Waals surface area contributed by atoms with Gasteiger partial charge in [-0.25, -0.2) is 13.1 Å². The van der Waals surface area contributed by atoms with Gasteiger partial charge < -0.3 is 5.11 Å². The van der Waals surface area contributed by atoms with E-state index >= 15 is 0 Å². The zero-order valence-corrected chi connectivity index (χ0v) is 13.2. The van der Waals surface area contributed by atoms with Crippen molar-refractivity contribution in [2.75, 3.05) is 13.2 Å². The zero-order chi connectivity index (χ0) is 15.5. The van der Waals surface area contributed by atoms with Crippen molar-refractivity contribution in [2.24, 2.45) is 5.41 Å². The van der Waals surface area contributed by atoms with Crippen molar-refractivity contribution >= 4 is 20.8 Å². The molecule has 0 fully saturated rings. The molecule has 2 aromatic carbocycles. The quantitative estimate of drug-likeness (QED) is 0.862. The van der Waals surface area contributed by atoms with Crippen LogP contribution in [0.1, 0.15) is 20.3 Å². The van der Waals surface area contributed by atoms with Gasteiger partial charge in [0.2, 0.25) is 10.0 Å². The molecule has 2 aromatic rings. The smallest absolute Gasteiger partial charge is 0.241 e. The summed E-state index contributed by atoms with van der Waals surface area (Å²) in [6, 6.07) is 12.7. The van der Waals surface area contributed by atoms with Gasteiger partial charge in [0.1, 0.15) is 0 Å². The Hall–Kier alpha value is -1.43. The maximum absolute atomic E-state index is 12.5. The summed E-state index contributed by atoms with van der Waals surface area (Å²) in [7, 11) is -3.57. The third-order valence-electron chi connectivity index (χ3n) is 3.57. The summed E-state index contributed by atoms with van der Waals surface area (Å²) in [6.45, 7) is 4.19. The number of aliphatic hydroxyl groups is 1. The maximum Gasteiger partial charge on any atom is 0.241 e. The molecule has 0 amide bonds. The minimum absolute atomic E-state index is 0.0446. The highest BCUT2D eigenvalue weighted by Crippen LogP contribution is 2.24. The number of sulfonamides is 1. The maximum atomic E-state index is 12.5. The van der Waals surface area contributed by atoms with E-state index in [2.05, 4.69) is 4.72 Å². The Labute approximate surface area is 125 Å². The standard InChI is InChI=1S/C16H21NO3S/c1-16(2,10-11-18)12-17-21(19,20)15-9-5-7-13-6-3-4-8-14(13)15/h3-9,17-18H,10-12H2,1-2H3. The Bertz CT molecular complexity index is 718. The molecule has 0 aliphatic rings. The third kappa shape index (κ3) is 3.81. The lowest BCUT2D eigenvalue weighted by molar-refractivity contribution is 0.213. The molecule has 0 saturated carbocycles. The van der Waals surface area contributed by atoms with E-state index in [0.717, 1.165) is 5.39 Å². The highest BCUT2D eigenvalue weighted by atomic mass is 32.2. The van der Waals surface area contributed by atoms with Crippen molar-refractivity contribution in [3.63, 3.8) is 0 Å². The lowest BCUT2D eigenvalue weighted by atomic mass is 9.90. The lowest BCUT2D eigenvalue weighted by Gasteiger charge is -2.24. The number of hydrogen-bond acceptors (Lipinski definition) is 3. The van der Waals surface area contributed by atoms with Crippen molar-refractivity contribution in [3.05, 3.63) is 42.5 Å². The van der Waals surface area contributed by atoms with Gasteiger partial charge in [-0.2, -0.15) is 0 Å². The van der Waals surface area contributed by atoms with E-state index < -0.39 is 10.0 Å². The van der Waals surface area contributed by atoms with Gasteiger partial charge in [-0.05, 0) is 23.3 Å². The Kier molecular flexibility index (Phi) is 4.66. The van der Waals surface area contributed by atoms with Gasteiger partial charge in [0.25, 0.3) is 0 Å². The minimum atomic E-state index is -3.57. The molecule has 0 aliphatic carbocycles. The summed E-state index contributed by atoms with van der Waals surface area (Å²) in [5.74, 6) is 0. The first kappa shape index (κ1) is 15.9. The van der Waals surface area contributed by atoms with Crippen LogP contribution in [0.3, 0.4) is 0 Å². The van der Waals surface area contributed by atoms with Crippen LogP contribution in [0, 0.1) is 5.41 Å². The fourth-order valence-electron chi connectivity index (χ4n) is 2.19. The molecule has 0 aromatic heterocycles. The number of benzene rings is 2. The molecular formula is C16H21NO3S. The second-order valence-electron chi connectivity index (χ2n) is 5.94. The van der Waals surface area contributed by atoms with E-state index in [1.807, 2.05) is 44.2 Å². The van der Waals surface area contributed by atoms with E-state index in [9.17, 15) is 8.42 Å². The predicted octanol–water partition coefficient (Wildman–Crippen LogP) is 2.53. The molecule has 0 spiro atoms. The summed E-state index contributed by atoms with van der Waals surface area (Å²) in [6.07, 6.45) is 0.547. The van der Waals surface area contributed by atoms with Crippen LogP contribution in [0.25, 0.3) is 10.8 Å². The molecule has 0 aliphatic heterocycles. The van der Waals surface area contributed by atoms with Gasteiger partial charge >= 0.3 is 0 Å². The van der Waals surface area contributed by atoms with Crippen molar-refractivity contribution in [3.8, 4) is 0 Å². The molecule has 2 N–H and O–H groups in total. The topological polar surface area (TPSA) is 66.4 Å². The first-order valence-electron chi connectivity index (χ1n) is 6.94. The van der Waals surface area contributed by atoms with Crippen molar-refractivity contribution < 1.29 is 13.5 Å². The first-order valence-corrected chi connectivity index (χ1v) is 8.42. The second-order valence-corrected chi connectivity index (χ2v) is 7.68. The monoisotopic (exact) mass is 307 g/mol. The van der Waals surface area contributed by atoms with E-state index in [1.54, 1.807) is 12.1 Å². The van der Waals surface area contributed by atoms with E-state index in [1.165, 1.54) is 0 Å². The Morgan fingerprint density at radius 1 is 1.10 bits per heavy atom. The molecule has 114 valence electrons. The van der Waals surface area contributed by atoms with E-state index in [-0.39, 0.29) is 12.0 Å². The summed E-state index contributed by atoms with van der Waals surface area (Å²) in [4.78, 5) is 0.292.